The number of pyridine rings is 1. The number of carbonyl (C=O) groups is 1. The van der Waals surface area contributed by atoms with E-state index in [2.05, 4.69) is 10.3 Å². The number of nitrogens with one attached hydrogen (secondary N) is 1. The van der Waals surface area contributed by atoms with E-state index in [1.54, 1.807) is 24.4 Å². The van der Waals surface area contributed by atoms with Crippen LogP contribution >= 0.6 is 0 Å². The minimum atomic E-state index is -0.527. The predicted molar refractivity (Wildman–Crippen MR) is 137 cm³/mol. The van der Waals surface area contributed by atoms with Crippen LogP contribution in [-0.2, 0) is 17.9 Å². The lowest BCUT2D eigenvalue weighted by atomic mass is 9.92. The van der Waals surface area contributed by atoms with Gasteiger partial charge in [0.05, 0.1) is 5.69 Å². The van der Waals surface area contributed by atoms with Crippen molar-refractivity contribution in [1.82, 2.24) is 14.7 Å². The van der Waals surface area contributed by atoms with Gasteiger partial charge in [0.2, 0.25) is 5.91 Å². The van der Waals surface area contributed by atoms with E-state index in [1.807, 2.05) is 83.4 Å². The van der Waals surface area contributed by atoms with Crippen LogP contribution in [0.1, 0.15) is 34.7 Å². The van der Waals surface area contributed by atoms with Gasteiger partial charge in [-0.1, -0.05) is 78.9 Å². The summed E-state index contributed by atoms with van der Waals surface area (Å²) in [6.45, 7) is 0.815. The number of hydrogen-bond acceptors (Lipinski definition) is 3. The Kier molecular flexibility index (Phi) is 7.03. The Morgan fingerprint density at radius 2 is 1.58 bits per heavy atom. The Morgan fingerprint density at radius 3 is 2.33 bits per heavy atom. The highest BCUT2D eigenvalue weighted by Crippen LogP contribution is 2.32. The molecule has 3 aromatic carbocycles. The van der Waals surface area contributed by atoms with Gasteiger partial charge in [-0.15, -0.1) is 0 Å². The first-order chi connectivity index (χ1) is 17.7. The van der Waals surface area contributed by atoms with Crippen molar-refractivity contribution in [1.29, 1.82) is 0 Å². The van der Waals surface area contributed by atoms with Gasteiger partial charge in [-0.3, -0.25) is 4.79 Å². The lowest BCUT2D eigenvalue weighted by molar-refractivity contribution is -0.121. The molecule has 36 heavy (non-hydrogen) atoms. The maximum atomic E-state index is 14.9. The number of hydrogen-bond donors (Lipinski definition) is 1. The monoisotopic (exact) mass is 479 g/mol. The van der Waals surface area contributed by atoms with E-state index in [-0.39, 0.29) is 18.1 Å². The van der Waals surface area contributed by atoms with Gasteiger partial charge in [-0.2, -0.15) is 0 Å². The van der Waals surface area contributed by atoms with Gasteiger partial charge in [0.25, 0.3) is 0 Å². The van der Waals surface area contributed by atoms with Crippen LogP contribution in [0.2, 0.25) is 0 Å². The fourth-order valence-corrected chi connectivity index (χ4v) is 4.30. The summed E-state index contributed by atoms with van der Waals surface area (Å²) in [5.41, 5.74) is 3.84. The van der Waals surface area contributed by atoms with Crippen molar-refractivity contribution in [3.63, 3.8) is 0 Å². The number of amides is 1. The number of nitrogens with zero attached hydrogens (tertiary/aromatic N) is 2. The highest BCUT2D eigenvalue weighted by atomic mass is 19.1. The largest absolute Gasteiger partial charge is 0.485 e. The molecule has 0 aliphatic heterocycles. The number of aromatic nitrogens is 2. The van der Waals surface area contributed by atoms with Crippen LogP contribution in [0.3, 0.4) is 0 Å². The molecule has 0 saturated heterocycles. The SMILES string of the molecule is O=C(C[C@@H](c1ccccc1F)c1cnc2c(OCc3ccccc3)cccn12)NCc1ccccc1. The highest BCUT2D eigenvalue weighted by molar-refractivity contribution is 5.77. The molecule has 0 spiro atoms. The summed E-state index contributed by atoms with van der Waals surface area (Å²) in [4.78, 5) is 17.6. The van der Waals surface area contributed by atoms with E-state index in [0.717, 1.165) is 16.8 Å². The van der Waals surface area contributed by atoms with Crippen molar-refractivity contribution in [3.05, 3.63) is 138 Å². The summed E-state index contributed by atoms with van der Waals surface area (Å²) in [6.07, 6.45) is 3.64. The van der Waals surface area contributed by atoms with Gasteiger partial charge in [0.15, 0.2) is 11.4 Å². The molecule has 2 heterocycles. The summed E-state index contributed by atoms with van der Waals surface area (Å²) < 4.78 is 22.9. The van der Waals surface area contributed by atoms with Crippen LogP contribution in [-0.4, -0.2) is 15.3 Å². The van der Waals surface area contributed by atoms with Crippen molar-refractivity contribution >= 4 is 11.6 Å². The van der Waals surface area contributed by atoms with E-state index >= 15 is 0 Å². The summed E-state index contributed by atoms with van der Waals surface area (Å²) in [6, 6.07) is 29.9. The van der Waals surface area contributed by atoms with Gasteiger partial charge in [-0.05, 0) is 34.9 Å². The van der Waals surface area contributed by atoms with Gasteiger partial charge in [0.1, 0.15) is 12.4 Å². The summed E-state index contributed by atoms with van der Waals surface area (Å²) in [5, 5.41) is 2.96. The molecule has 0 aliphatic carbocycles. The van der Waals surface area contributed by atoms with Gasteiger partial charge >= 0.3 is 0 Å². The van der Waals surface area contributed by atoms with Crippen LogP contribution in [0.15, 0.2) is 109 Å². The fourth-order valence-electron chi connectivity index (χ4n) is 4.30. The molecule has 0 aliphatic rings. The summed E-state index contributed by atoms with van der Waals surface area (Å²) in [7, 11) is 0. The van der Waals surface area contributed by atoms with E-state index in [4.69, 9.17) is 4.74 Å². The standard InChI is InChI=1S/C30H26FN3O2/c31-26-15-8-7-14-24(26)25(18-29(35)32-19-22-10-3-1-4-11-22)27-20-33-30-28(16-9-17-34(27)30)36-21-23-12-5-2-6-13-23/h1-17,20,25H,18-19,21H2,(H,32,35)/t25-/m0/s1. The zero-order valence-electron chi connectivity index (χ0n) is 19.7. The highest BCUT2D eigenvalue weighted by Gasteiger charge is 2.25. The molecule has 1 amide bonds. The first-order valence-electron chi connectivity index (χ1n) is 11.9. The van der Waals surface area contributed by atoms with Gasteiger partial charge in [-0.25, -0.2) is 9.37 Å². The molecule has 5 rings (SSSR count). The van der Waals surface area contributed by atoms with Crippen molar-refractivity contribution in [2.75, 3.05) is 0 Å². The molecule has 0 unspecified atom stereocenters. The first kappa shape index (κ1) is 23.3. The van der Waals surface area contributed by atoms with Crippen LogP contribution in [0.5, 0.6) is 5.75 Å². The number of carbonyl (C=O) groups excluding carboxylic acids is 1. The minimum absolute atomic E-state index is 0.0800. The second-order valence-electron chi connectivity index (χ2n) is 8.56. The average molecular weight is 480 g/mol. The Hall–Kier alpha value is -4.45. The molecule has 5 nitrogen and oxygen atoms in total. The number of ether oxygens (including phenoxy) is 1. The Bertz CT molecular complexity index is 1450. The van der Waals surface area contributed by atoms with Gasteiger partial charge < -0.3 is 14.5 Å². The fraction of sp³-hybridized carbons (Fsp3) is 0.133. The molecule has 2 aromatic heterocycles. The zero-order valence-corrected chi connectivity index (χ0v) is 19.7. The third-order valence-electron chi connectivity index (χ3n) is 6.13. The van der Waals surface area contributed by atoms with E-state index in [0.29, 0.717) is 30.1 Å². The van der Waals surface area contributed by atoms with Crippen molar-refractivity contribution in [2.24, 2.45) is 0 Å². The van der Waals surface area contributed by atoms with Crippen LogP contribution < -0.4 is 10.1 Å². The number of rotatable bonds is 9. The molecule has 6 heteroatoms. The molecule has 0 radical (unpaired) electrons. The normalized spacial score (nSPS) is 11.8. The van der Waals surface area contributed by atoms with Crippen LogP contribution in [0, 0.1) is 5.82 Å². The first-order valence-corrected chi connectivity index (χ1v) is 11.9. The molecule has 180 valence electrons. The number of benzene rings is 3. The maximum Gasteiger partial charge on any atom is 0.221 e. The Labute approximate surface area is 209 Å². The van der Waals surface area contributed by atoms with E-state index < -0.39 is 5.92 Å². The van der Waals surface area contributed by atoms with Crippen molar-refractivity contribution < 1.29 is 13.9 Å². The molecular formula is C30H26FN3O2. The van der Waals surface area contributed by atoms with Crippen LogP contribution in [0.4, 0.5) is 4.39 Å². The molecule has 0 saturated carbocycles. The number of imidazole rings is 1. The van der Waals surface area contributed by atoms with E-state index in [1.165, 1.54) is 6.07 Å². The quantitative estimate of drug-likeness (QED) is 0.287. The molecular weight excluding hydrogens is 453 g/mol. The third kappa shape index (κ3) is 5.28. The van der Waals surface area contributed by atoms with Crippen molar-refractivity contribution in [2.45, 2.75) is 25.5 Å². The molecule has 0 fully saturated rings. The lowest BCUT2D eigenvalue weighted by Gasteiger charge is -2.18. The predicted octanol–water partition coefficient (Wildman–Crippen LogP) is 5.89. The minimum Gasteiger partial charge on any atom is -0.485 e. The summed E-state index contributed by atoms with van der Waals surface area (Å²) in [5.74, 6) is -0.432. The van der Waals surface area contributed by atoms with Crippen LogP contribution in [0.25, 0.3) is 5.65 Å². The lowest BCUT2D eigenvalue weighted by Crippen LogP contribution is -2.25. The molecule has 0 bridgehead atoms. The number of fused-ring (bicyclic) bond motifs is 1. The van der Waals surface area contributed by atoms with Gasteiger partial charge in [0, 0.05) is 31.3 Å². The summed E-state index contributed by atoms with van der Waals surface area (Å²) >= 11 is 0. The smallest absolute Gasteiger partial charge is 0.221 e. The zero-order chi connectivity index (χ0) is 24.7. The Balaban J connectivity index is 1.43. The topological polar surface area (TPSA) is 55.6 Å². The second-order valence-corrected chi connectivity index (χ2v) is 8.56. The molecule has 1 atom stereocenters. The molecule has 1 N–H and O–H groups in total. The number of halogens is 1. The Morgan fingerprint density at radius 1 is 0.889 bits per heavy atom. The second kappa shape index (κ2) is 10.9. The maximum absolute atomic E-state index is 14.9. The van der Waals surface area contributed by atoms with Crippen molar-refractivity contribution in [3.8, 4) is 5.75 Å². The van der Waals surface area contributed by atoms with E-state index in [9.17, 15) is 9.18 Å². The molecule has 5 aromatic rings. The third-order valence-corrected chi connectivity index (χ3v) is 6.13. The average Bonchev–Trinajstić information content (AvgIpc) is 3.36.